The molecule has 3 heterocycles. The van der Waals surface area contributed by atoms with E-state index in [-0.39, 0.29) is 0 Å². The van der Waals surface area contributed by atoms with E-state index in [0.29, 0.717) is 4.21 Å². The number of aliphatic carboxylic acids is 1. The lowest BCUT2D eigenvalue weighted by atomic mass is 10.1. The fraction of sp³-hybridized carbons (Fsp3) is 0.278. The number of carboxylic acids is 1. The van der Waals surface area contributed by atoms with Gasteiger partial charge in [0.05, 0.1) is 5.52 Å². The van der Waals surface area contributed by atoms with Crippen LogP contribution in [0.2, 0.25) is 0 Å². The summed E-state index contributed by atoms with van der Waals surface area (Å²) in [7, 11) is -3.49. The Morgan fingerprint density at radius 1 is 1.14 bits per heavy atom. The van der Waals surface area contributed by atoms with Crippen molar-refractivity contribution in [2.75, 3.05) is 13.1 Å². The molecule has 11 heteroatoms. The molecule has 1 aliphatic rings. The molecule has 2 aromatic heterocycles. The van der Waals surface area contributed by atoms with E-state index in [2.05, 4.69) is 11.0 Å². The lowest BCUT2D eigenvalue weighted by Gasteiger charge is -2.30. The predicted molar refractivity (Wildman–Crippen MR) is 102 cm³/mol. The van der Waals surface area contributed by atoms with Crippen molar-refractivity contribution in [1.29, 1.82) is 0 Å². The highest BCUT2D eigenvalue weighted by atomic mass is 32.2. The number of hydrogen-bond donors (Lipinski definition) is 1. The van der Waals surface area contributed by atoms with Crippen LogP contribution in [0.4, 0.5) is 13.2 Å². The molecule has 1 aromatic carbocycles. The summed E-state index contributed by atoms with van der Waals surface area (Å²) in [6.07, 6.45) is -2.16. The zero-order valence-corrected chi connectivity index (χ0v) is 16.6. The van der Waals surface area contributed by atoms with Gasteiger partial charge in [-0.15, -0.1) is 11.3 Å². The number of carboxylic acid groups (broad SMARTS) is 1. The molecule has 0 saturated carbocycles. The summed E-state index contributed by atoms with van der Waals surface area (Å²) < 4.78 is 59.0. The number of likely N-dealkylation sites (tertiary alicyclic amines) is 1. The Labute approximate surface area is 168 Å². The number of halogens is 3. The standard InChI is InChI=1S/C16H16N2O2S2.C2HF3O2/c19-22(20,16-6-2-11-21-16)18-10-7-14-13(4-1-5-15(14)18)12-17-8-3-9-17;3-2(4,5)1(6)7/h1-2,4-7,10-11H,3,8-9,12H2;(H,6,7). The number of alkyl halides is 3. The molecule has 0 aliphatic carbocycles. The first kappa shape index (κ1) is 21.3. The number of rotatable bonds is 4. The molecule has 0 radical (unpaired) electrons. The largest absolute Gasteiger partial charge is 0.490 e. The van der Waals surface area contributed by atoms with Crippen molar-refractivity contribution >= 4 is 38.2 Å². The summed E-state index contributed by atoms with van der Waals surface area (Å²) >= 11 is 1.25. The maximum Gasteiger partial charge on any atom is 0.490 e. The minimum absolute atomic E-state index is 0.373. The highest BCUT2D eigenvalue weighted by Crippen LogP contribution is 2.28. The van der Waals surface area contributed by atoms with E-state index in [1.807, 2.05) is 18.2 Å². The number of nitrogens with zero attached hydrogens (tertiary/aromatic N) is 2. The van der Waals surface area contributed by atoms with Crippen LogP contribution >= 0.6 is 11.3 Å². The Hall–Kier alpha value is -2.37. The van der Waals surface area contributed by atoms with E-state index in [9.17, 15) is 21.6 Å². The molecule has 3 aromatic rings. The first-order valence-electron chi connectivity index (χ1n) is 8.51. The van der Waals surface area contributed by atoms with E-state index in [4.69, 9.17) is 9.90 Å². The zero-order chi connectivity index (χ0) is 21.2. The normalized spacial score (nSPS) is 14.9. The molecule has 6 nitrogen and oxygen atoms in total. The topological polar surface area (TPSA) is 79.6 Å². The molecule has 1 aliphatic heterocycles. The number of carbonyl (C=O) groups is 1. The van der Waals surface area contributed by atoms with Crippen molar-refractivity contribution in [3.63, 3.8) is 0 Å². The predicted octanol–water partition coefficient (Wildman–Crippen LogP) is 3.78. The van der Waals surface area contributed by atoms with Crippen LogP contribution in [-0.2, 0) is 21.4 Å². The van der Waals surface area contributed by atoms with Gasteiger partial charge in [-0.05, 0) is 48.7 Å². The molecule has 0 spiro atoms. The van der Waals surface area contributed by atoms with E-state index in [1.54, 1.807) is 23.7 Å². The fourth-order valence-corrected chi connectivity index (χ4v) is 5.27. The van der Waals surface area contributed by atoms with Crippen molar-refractivity contribution in [1.82, 2.24) is 8.87 Å². The third-order valence-corrected chi connectivity index (χ3v) is 7.44. The van der Waals surface area contributed by atoms with Crippen LogP contribution in [0.25, 0.3) is 10.9 Å². The maximum atomic E-state index is 12.7. The Bertz CT molecular complexity index is 1100. The second kappa shape index (κ2) is 8.17. The van der Waals surface area contributed by atoms with Gasteiger partial charge in [-0.2, -0.15) is 21.6 Å². The summed E-state index contributed by atoms with van der Waals surface area (Å²) in [5, 5.41) is 9.93. The molecular weight excluding hydrogens is 429 g/mol. The molecular formula is C18H17F3N2O4S2. The first-order valence-corrected chi connectivity index (χ1v) is 10.8. The number of hydrogen-bond acceptors (Lipinski definition) is 5. The monoisotopic (exact) mass is 446 g/mol. The Morgan fingerprint density at radius 2 is 1.83 bits per heavy atom. The lowest BCUT2D eigenvalue weighted by Crippen LogP contribution is -2.36. The van der Waals surface area contributed by atoms with E-state index in [0.717, 1.165) is 30.5 Å². The molecule has 4 rings (SSSR count). The van der Waals surface area contributed by atoms with Crippen LogP contribution in [0.3, 0.4) is 0 Å². The molecule has 0 unspecified atom stereocenters. The van der Waals surface area contributed by atoms with E-state index in [1.165, 1.54) is 27.3 Å². The number of thiophene rings is 1. The lowest BCUT2D eigenvalue weighted by molar-refractivity contribution is -0.192. The minimum Gasteiger partial charge on any atom is -0.475 e. The molecule has 0 amide bonds. The second-order valence-corrected chi connectivity index (χ2v) is 9.32. The first-order chi connectivity index (χ1) is 13.6. The molecule has 1 saturated heterocycles. The van der Waals surface area contributed by atoms with Crippen molar-refractivity contribution < 1.29 is 31.5 Å². The zero-order valence-electron chi connectivity index (χ0n) is 15.0. The molecule has 29 heavy (non-hydrogen) atoms. The fourth-order valence-electron chi connectivity index (χ4n) is 2.84. The maximum absolute atomic E-state index is 12.7. The van der Waals surface area contributed by atoms with Crippen LogP contribution in [0.1, 0.15) is 12.0 Å². The molecule has 1 fully saturated rings. The number of aromatic nitrogens is 1. The number of fused-ring (bicyclic) bond motifs is 1. The van der Waals surface area contributed by atoms with Gasteiger partial charge < -0.3 is 5.11 Å². The number of benzene rings is 1. The molecule has 1 N–H and O–H groups in total. The van der Waals surface area contributed by atoms with E-state index < -0.39 is 22.2 Å². The van der Waals surface area contributed by atoms with Gasteiger partial charge in [0.1, 0.15) is 4.21 Å². The highest BCUT2D eigenvalue weighted by Gasteiger charge is 2.38. The third-order valence-electron chi connectivity index (χ3n) is 4.38. The van der Waals surface area contributed by atoms with Gasteiger partial charge in [-0.3, -0.25) is 4.90 Å². The summed E-state index contributed by atoms with van der Waals surface area (Å²) in [6.45, 7) is 3.15. The molecule has 0 atom stereocenters. The van der Waals surface area contributed by atoms with Crippen LogP contribution in [0.15, 0.2) is 52.2 Å². The van der Waals surface area contributed by atoms with Gasteiger partial charge in [0.15, 0.2) is 0 Å². The van der Waals surface area contributed by atoms with Crippen LogP contribution in [0.5, 0.6) is 0 Å². The van der Waals surface area contributed by atoms with Gasteiger partial charge in [-0.25, -0.2) is 8.77 Å². The van der Waals surface area contributed by atoms with Gasteiger partial charge in [0.25, 0.3) is 10.0 Å². The average molecular weight is 446 g/mol. The summed E-state index contributed by atoms with van der Waals surface area (Å²) in [4.78, 5) is 11.3. The summed E-state index contributed by atoms with van der Waals surface area (Å²) in [6, 6.07) is 11.2. The van der Waals surface area contributed by atoms with Gasteiger partial charge >= 0.3 is 12.1 Å². The van der Waals surface area contributed by atoms with Gasteiger partial charge in [-0.1, -0.05) is 18.2 Å². The van der Waals surface area contributed by atoms with E-state index >= 15 is 0 Å². The Balaban J connectivity index is 0.000000298. The molecule has 156 valence electrons. The average Bonchev–Trinajstić information content (AvgIpc) is 3.28. The SMILES string of the molecule is O=C(O)C(F)(F)F.O=S(=O)(c1cccs1)n1ccc2c(CN3CCC3)cccc21. The van der Waals surface area contributed by atoms with Crippen LogP contribution in [-0.4, -0.2) is 47.6 Å². The minimum atomic E-state index is -5.08. The summed E-state index contributed by atoms with van der Waals surface area (Å²) in [5.41, 5.74) is 1.95. The van der Waals surface area contributed by atoms with Crippen molar-refractivity contribution in [3.8, 4) is 0 Å². The van der Waals surface area contributed by atoms with Crippen LogP contribution in [0, 0.1) is 0 Å². The van der Waals surface area contributed by atoms with Crippen molar-refractivity contribution in [2.45, 2.75) is 23.4 Å². The van der Waals surface area contributed by atoms with Gasteiger partial charge in [0.2, 0.25) is 0 Å². The Kier molecular flexibility index (Phi) is 6.01. The van der Waals surface area contributed by atoms with Crippen LogP contribution < -0.4 is 0 Å². The molecule has 0 bridgehead atoms. The second-order valence-electron chi connectivity index (χ2n) is 6.33. The van der Waals surface area contributed by atoms with Gasteiger partial charge in [0, 0.05) is 18.1 Å². The Morgan fingerprint density at radius 3 is 2.34 bits per heavy atom. The van der Waals surface area contributed by atoms with Crippen molar-refractivity contribution in [2.24, 2.45) is 0 Å². The smallest absolute Gasteiger partial charge is 0.475 e. The quantitative estimate of drug-likeness (QED) is 0.660. The highest BCUT2D eigenvalue weighted by molar-refractivity contribution is 7.92. The van der Waals surface area contributed by atoms with Crippen molar-refractivity contribution in [3.05, 3.63) is 53.5 Å². The third kappa shape index (κ3) is 4.62. The summed E-state index contributed by atoms with van der Waals surface area (Å²) in [5.74, 6) is -2.76.